The molecule has 0 bridgehead atoms. The molecule has 0 fully saturated rings. The van der Waals surface area contributed by atoms with Crippen molar-refractivity contribution in [1.82, 2.24) is 0 Å². The van der Waals surface area contributed by atoms with Gasteiger partial charge in [-0.2, -0.15) is 0 Å². The van der Waals surface area contributed by atoms with Crippen LogP contribution in [0.2, 0.25) is 0 Å². The SMILES string of the molecule is CCOc1ccc(NC(C)c2cc(C)oc2C)cc1OC. The minimum absolute atomic E-state index is 0.157. The number of anilines is 1. The molecule has 1 atom stereocenters. The summed E-state index contributed by atoms with van der Waals surface area (Å²) >= 11 is 0. The lowest BCUT2D eigenvalue weighted by Crippen LogP contribution is -2.07. The van der Waals surface area contributed by atoms with E-state index in [1.165, 1.54) is 5.56 Å². The number of hydrogen-bond donors (Lipinski definition) is 1. The van der Waals surface area contributed by atoms with Gasteiger partial charge >= 0.3 is 0 Å². The second-order valence-electron chi connectivity index (χ2n) is 5.03. The molecule has 1 aromatic heterocycles. The summed E-state index contributed by atoms with van der Waals surface area (Å²) in [6, 6.07) is 8.09. The zero-order chi connectivity index (χ0) is 15.4. The molecule has 4 nitrogen and oxygen atoms in total. The van der Waals surface area contributed by atoms with Crippen LogP contribution in [0.3, 0.4) is 0 Å². The number of furan rings is 1. The molecule has 1 N–H and O–H groups in total. The van der Waals surface area contributed by atoms with Crippen LogP contribution in [-0.2, 0) is 0 Å². The first kappa shape index (κ1) is 15.3. The van der Waals surface area contributed by atoms with Gasteiger partial charge in [-0.15, -0.1) is 0 Å². The normalized spacial score (nSPS) is 12.0. The molecule has 0 radical (unpaired) electrons. The molecule has 4 heteroatoms. The predicted octanol–water partition coefficient (Wildman–Crippen LogP) is 4.48. The van der Waals surface area contributed by atoms with E-state index in [4.69, 9.17) is 13.9 Å². The van der Waals surface area contributed by atoms with Gasteiger partial charge in [-0.05, 0) is 45.9 Å². The molecule has 0 spiro atoms. The molecular weight excluding hydrogens is 266 g/mol. The lowest BCUT2D eigenvalue weighted by atomic mass is 10.1. The van der Waals surface area contributed by atoms with Crippen molar-refractivity contribution in [3.05, 3.63) is 41.3 Å². The zero-order valence-electron chi connectivity index (χ0n) is 13.3. The van der Waals surface area contributed by atoms with Gasteiger partial charge in [0, 0.05) is 17.3 Å². The van der Waals surface area contributed by atoms with Crippen LogP contribution in [-0.4, -0.2) is 13.7 Å². The highest BCUT2D eigenvalue weighted by Gasteiger charge is 2.13. The average molecular weight is 289 g/mol. The minimum atomic E-state index is 0.157. The van der Waals surface area contributed by atoms with E-state index in [0.717, 1.165) is 28.7 Å². The third-order valence-corrected chi connectivity index (χ3v) is 3.39. The van der Waals surface area contributed by atoms with Crippen LogP contribution in [0.1, 0.15) is 37.0 Å². The van der Waals surface area contributed by atoms with Crippen molar-refractivity contribution in [1.29, 1.82) is 0 Å². The second-order valence-corrected chi connectivity index (χ2v) is 5.03. The molecule has 0 aliphatic heterocycles. The number of nitrogens with one attached hydrogen (secondary N) is 1. The molecule has 0 amide bonds. The first-order valence-corrected chi connectivity index (χ1v) is 7.19. The smallest absolute Gasteiger partial charge is 0.162 e. The highest BCUT2D eigenvalue weighted by atomic mass is 16.5. The lowest BCUT2D eigenvalue weighted by Gasteiger charge is -2.17. The summed E-state index contributed by atoms with van der Waals surface area (Å²) in [5.74, 6) is 3.37. The molecule has 1 unspecified atom stereocenters. The highest BCUT2D eigenvalue weighted by molar-refractivity contribution is 5.55. The largest absolute Gasteiger partial charge is 0.493 e. The maximum absolute atomic E-state index is 5.58. The molecule has 0 aliphatic rings. The van der Waals surface area contributed by atoms with Gasteiger partial charge in [0.05, 0.1) is 19.8 Å². The average Bonchev–Trinajstić information content (AvgIpc) is 2.79. The summed E-state index contributed by atoms with van der Waals surface area (Å²) in [5.41, 5.74) is 2.15. The molecule has 114 valence electrons. The highest BCUT2D eigenvalue weighted by Crippen LogP contribution is 2.32. The van der Waals surface area contributed by atoms with Crippen molar-refractivity contribution >= 4 is 5.69 Å². The summed E-state index contributed by atoms with van der Waals surface area (Å²) in [5, 5.41) is 3.46. The molecule has 1 heterocycles. The topological polar surface area (TPSA) is 43.6 Å². The molecule has 0 saturated heterocycles. The third-order valence-electron chi connectivity index (χ3n) is 3.39. The van der Waals surface area contributed by atoms with Crippen molar-refractivity contribution in [3.63, 3.8) is 0 Å². The van der Waals surface area contributed by atoms with Crippen molar-refractivity contribution in [2.24, 2.45) is 0 Å². The van der Waals surface area contributed by atoms with Crippen LogP contribution in [0.25, 0.3) is 0 Å². The number of methoxy groups -OCH3 is 1. The summed E-state index contributed by atoms with van der Waals surface area (Å²) in [6.07, 6.45) is 0. The summed E-state index contributed by atoms with van der Waals surface area (Å²) in [4.78, 5) is 0. The van der Waals surface area contributed by atoms with Crippen molar-refractivity contribution in [2.45, 2.75) is 33.7 Å². The van der Waals surface area contributed by atoms with E-state index in [0.29, 0.717) is 6.61 Å². The molecule has 0 saturated carbocycles. The van der Waals surface area contributed by atoms with Crippen LogP contribution >= 0.6 is 0 Å². The second kappa shape index (κ2) is 6.57. The van der Waals surface area contributed by atoms with Crippen LogP contribution < -0.4 is 14.8 Å². The van der Waals surface area contributed by atoms with E-state index in [1.807, 2.05) is 39.0 Å². The fourth-order valence-electron chi connectivity index (χ4n) is 2.44. The van der Waals surface area contributed by atoms with Gasteiger partial charge < -0.3 is 19.2 Å². The lowest BCUT2D eigenvalue weighted by molar-refractivity contribution is 0.311. The van der Waals surface area contributed by atoms with Gasteiger partial charge in [-0.3, -0.25) is 0 Å². The van der Waals surface area contributed by atoms with E-state index in [2.05, 4.69) is 18.3 Å². The maximum atomic E-state index is 5.58. The van der Waals surface area contributed by atoms with Gasteiger partial charge in [0.25, 0.3) is 0 Å². The first-order valence-electron chi connectivity index (χ1n) is 7.19. The van der Waals surface area contributed by atoms with Crippen LogP contribution in [0, 0.1) is 13.8 Å². The van der Waals surface area contributed by atoms with Gasteiger partial charge in [0.15, 0.2) is 11.5 Å². The molecule has 2 rings (SSSR count). The van der Waals surface area contributed by atoms with E-state index >= 15 is 0 Å². The Balaban J connectivity index is 2.17. The number of benzene rings is 1. The summed E-state index contributed by atoms with van der Waals surface area (Å²) < 4.78 is 16.5. The van der Waals surface area contributed by atoms with E-state index in [-0.39, 0.29) is 6.04 Å². The number of aryl methyl sites for hydroxylation is 2. The fourth-order valence-corrected chi connectivity index (χ4v) is 2.44. The van der Waals surface area contributed by atoms with Crippen molar-refractivity contribution in [3.8, 4) is 11.5 Å². The summed E-state index contributed by atoms with van der Waals surface area (Å²) in [7, 11) is 1.65. The maximum Gasteiger partial charge on any atom is 0.162 e. The van der Waals surface area contributed by atoms with E-state index in [9.17, 15) is 0 Å². The van der Waals surface area contributed by atoms with Crippen molar-refractivity contribution < 1.29 is 13.9 Å². The van der Waals surface area contributed by atoms with Gasteiger partial charge in [-0.1, -0.05) is 0 Å². The molecular formula is C17H23NO3. The quantitative estimate of drug-likeness (QED) is 0.851. The Hall–Kier alpha value is -2.10. The Morgan fingerprint density at radius 1 is 1.19 bits per heavy atom. The third kappa shape index (κ3) is 3.51. The Morgan fingerprint density at radius 2 is 1.95 bits per heavy atom. The number of rotatable bonds is 6. The minimum Gasteiger partial charge on any atom is -0.493 e. The van der Waals surface area contributed by atoms with Gasteiger partial charge in [0.2, 0.25) is 0 Å². The standard InChI is InChI=1S/C17H23NO3/c1-6-20-16-8-7-14(10-17(16)19-5)18-12(3)15-9-11(2)21-13(15)4/h7-10,12,18H,6H2,1-5H3. The van der Waals surface area contributed by atoms with Gasteiger partial charge in [-0.25, -0.2) is 0 Å². The van der Waals surface area contributed by atoms with E-state index in [1.54, 1.807) is 7.11 Å². The fraction of sp³-hybridized carbons (Fsp3) is 0.412. The first-order chi connectivity index (χ1) is 10.0. The van der Waals surface area contributed by atoms with Crippen LogP contribution in [0.4, 0.5) is 5.69 Å². The monoisotopic (exact) mass is 289 g/mol. The Bertz CT molecular complexity index is 604. The van der Waals surface area contributed by atoms with E-state index < -0.39 is 0 Å². The number of ether oxygens (including phenoxy) is 2. The molecule has 2 aromatic rings. The Morgan fingerprint density at radius 3 is 2.52 bits per heavy atom. The van der Waals surface area contributed by atoms with Gasteiger partial charge in [0.1, 0.15) is 11.5 Å². The van der Waals surface area contributed by atoms with Crippen LogP contribution in [0.5, 0.6) is 11.5 Å². The molecule has 1 aromatic carbocycles. The zero-order valence-corrected chi connectivity index (χ0v) is 13.3. The van der Waals surface area contributed by atoms with Crippen LogP contribution in [0.15, 0.2) is 28.7 Å². The Kier molecular flexibility index (Phi) is 4.78. The Labute approximate surface area is 126 Å². The molecule has 0 aliphatic carbocycles. The molecule has 21 heavy (non-hydrogen) atoms. The predicted molar refractivity (Wildman–Crippen MR) is 84.4 cm³/mol. The summed E-state index contributed by atoms with van der Waals surface area (Å²) in [6.45, 7) is 8.63. The number of hydrogen-bond acceptors (Lipinski definition) is 4. The van der Waals surface area contributed by atoms with Crippen molar-refractivity contribution in [2.75, 3.05) is 19.0 Å².